The summed E-state index contributed by atoms with van der Waals surface area (Å²) in [7, 11) is 0. The Morgan fingerprint density at radius 3 is 2.67 bits per heavy atom. The molecule has 0 unspecified atom stereocenters. The highest BCUT2D eigenvalue weighted by Crippen LogP contribution is 2.51. The molecule has 6 nitrogen and oxygen atoms in total. The average molecular weight is 439 g/mol. The topological polar surface area (TPSA) is 81.8 Å². The van der Waals surface area contributed by atoms with E-state index in [0.29, 0.717) is 37.9 Å². The molecule has 0 spiro atoms. The number of H-pyrrole nitrogens is 2. The van der Waals surface area contributed by atoms with Crippen LogP contribution in [0.1, 0.15) is 47.5 Å². The number of hydrogen-bond acceptors (Lipinski definition) is 3. The molecule has 2 aromatic carbocycles. The van der Waals surface area contributed by atoms with Crippen molar-refractivity contribution in [3.05, 3.63) is 99.4 Å². The summed E-state index contributed by atoms with van der Waals surface area (Å²) >= 11 is 0. The Balaban J connectivity index is 1.19. The molecule has 3 heterocycles. The highest BCUT2D eigenvalue weighted by atomic mass is 16.2. The zero-order valence-corrected chi connectivity index (χ0v) is 18.4. The number of carbonyl (C=O) groups is 1. The Morgan fingerprint density at radius 1 is 1.06 bits per heavy atom. The van der Waals surface area contributed by atoms with Crippen LogP contribution in [0.15, 0.2) is 65.6 Å². The zero-order chi connectivity index (χ0) is 22.4. The van der Waals surface area contributed by atoms with Crippen LogP contribution >= 0.6 is 0 Å². The molecule has 0 radical (unpaired) electrons. The number of aryl methyl sites for hydroxylation is 1. The molecular weight excluding hydrogens is 412 g/mol. The second-order valence-electron chi connectivity index (χ2n) is 9.21. The molecule has 1 saturated carbocycles. The van der Waals surface area contributed by atoms with Crippen LogP contribution in [0.3, 0.4) is 0 Å². The average Bonchev–Trinajstić information content (AvgIpc) is 3.57. The lowest BCUT2D eigenvalue weighted by atomic mass is 9.94. The SMILES string of the molecule is O=C(CCc1c[nH]c2ccccc12)N1CCc2nc(C3(c4ccccc4)CC3)[nH]c(=O)c2C1. The van der Waals surface area contributed by atoms with Crippen molar-refractivity contribution in [3.8, 4) is 0 Å². The van der Waals surface area contributed by atoms with Crippen LogP contribution in [-0.4, -0.2) is 32.3 Å². The van der Waals surface area contributed by atoms with Gasteiger partial charge in [0.05, 0.1) is 23.2 Å². The second kappa shape index (κ2) is 7.73. The van der Waals surface area contributed by atoms with E-state index in [1.54, 1.807) is 4.90 Å². The molecule has 2 aromatic heterocycles. The van der Waals surface area contributed by atoms with Crippen LogP contribution in [0.25, 0.3) is 10.9 Å². The van der Waals surface area contributed by atoms with E-state index in [1.807, 2.05) is 42.6 Å². The number of para-hydroxylation sites is 1. The highest BCUT2D eigenvalue weighted by Gasteiger charge is 2.48. The van der Waals surface area contributed by atoms with Gasteiger partial charge in [-0.2, -0.15) is 0 Å². The number of fused-ring (bicyclic) bond motifs is 2. The van der Waals surface area contributed by atoms with Gasteiger partial charge < -0.3 is 14.9 Å². The number of amides is 1. The van der Waals surface area contributed by atoms with Crippen molar-refractivity contribution in [2.45, 2.75) is 44.1 Å². The zero-order valence-electron chi connectivity index (χ0n) is 18.4. The van der Waals surface area contributed by atoms with Crippen LogP contribution in [-0.2, 0) is 29.6 Å². The number of benzene rings is 2. The van der Waals surface area contributed by atoms with Gasteiger partial charge in [0.15, 0.2) is 0 Å². The van der Waals surface area contributed by atoms with Crippen molar-refractivity contribution in [2.24, 2.45) is 0 Å². The number of nitrogens with zero attached hydrogens (tertiary/aromatic N) is 2. The molecule has 2 N–H and O–H groups in total. The minimum Gasteiger partial charge on any atom is -0.361 e. The van der Waals surface area contributed by atoms with Crippen LogP contribution in [0, 0.1) is 0 Å². The van der Waals surface area contributed by atoms with Gasteiger partial charge in [-0.15, -0.1) is 0 Å². The van der Waals surface area contributed by atoms with E-state index >= 15 is 0 Å². The van der Waals surface area contributed by atoms with E-state index in [0.717, 1.165) is 40.8 Å². The summed E-state index contributed by atoms with van der Waals surface area (Å²) in [6, 6.07) is 18.4. The molecule has 6 heteroatoms. The lowest BCUT2D eigenvalue weighted by Gasteiger charge is -2.28. The summed E-state index contributed by atoms with van der Waals surface area (Å²) in [5, 5.41) is 1.16. The number of aromatic amines is 2. The van der Waals surface area contributed by atoms with E-state index in [4.69, 9.17) is 4.98 Å². The molecule has 33 heavy (non-hydrogen) atoms. The fraction of sp³-hybridized carbons (Fsp3) is 0.296. The molecule has 4 aromatic rings. The Morgan fingerprint density at radius 2 is 1.85 bits per heavy atom. The molecule has 6 rings (SSSR count). The second-order valence-corrected chi connectivity index (χ2v) is 9.21. The molecule has 166 valence electrons. The minimum atomic E-state index is -0.165. The molecule has 0 atom stereocenters. The predicted molar refractivity (Wildman–Crippen MR) is 127 cm³/mol. The van der Waals surface area contributed by atoms with Gasteiger partial charge in [-0.05, 0) is 36.5 Å². The molecule has 1 aliphatic heterocycles. The van der Waals surface area contributed by atoms with Gasteiger partial charge in [0.25, 0.3) is 5.56 Å². The Hall–Kier alpha value is -3.67. The normalized spacial score (nSPS) is 16.5. The Bertz CT molecular complexity index is 1400. The number of aromatic nitrogens is 3. The Labute approximate surface area is 191 Å². The van der Waals surface area contributed by atoms with Crippen molar-refractivity contribution in [1.82, 2.24) is 19.9 Å². The van der Waals surface area contributed by atoms with Crippen LogP contribution in [0.5, 0.6) is 0 Å². The lowest BCUT2D eigenvalue weighted by Crippen LogP contribution is -2.40. The third kappa shape index (κ3) is 3.46. The van der Waals surface area contributed by atoms with Crippen molar-refractivity contribution < 1.29 is 4.79 Å². The molecule has 0 bridgehead atoms. The van der Waals surface area contributed by atoms with Gasteiger partial charge in [0.2, 0.25) is 5.91 Å². The molecule has 0 saturated heterocycles. The van der Waals surface area contributed by atoms with E-state index in [-0.39, 0.29) is 16.9 Å². The van der Waals surface area contributed by atoms with Gasteiger partial charge in [-0.3, -0.25) is 9.59 Å². The van der Waals surface area contributed by atoms with E-state index in [9.17, 15) is 9.59 Å². The summed E-state index contributed by atoms with van der Waals surface area (Å²) in [4.78, 5) is 39.0. The highest BCUT2D eigenvalue weighted by molar-refractivity contribution is 5.84. The molecule has 1 fully saturated rings. The summed E-state index contributed by atoms with van der Waals surface area (Å²) in [5.74, 6) is 0.855. The number of nitrogens with one attached hydrogen (secondary N) is 2. The third-order valence-corrected chi connectivity index (χ3v) is 7.23. The first-order valence-electron chi connectivity index (χ1n) is 11.6. The first kappa shape index (κ1) is 20.0. The smallest absolute Gasteiger partial charge is 0.256 e. The van der Waals surface area contributed by atoms with Gasteiger partial charge in [-0.1, -0.05) is 48.5 Å². The number of hydrogen-bond donors (Lipinski definition) is 2. The monoisotopic (exact) mass is 438 g/mol. The number of rotatable bonds is 5. The molecular formula is C27H26N4O2. The van der Waals surface area contributed by atoms with Gasteiger partial charge in [-0.25, -0.2) is 4.98 Å². The summed E-state index contributed by atoms with van der Waals surface area (Å²) < 4.78 is 0. The minimum absolute atomic E-state index is 0.0809. The van der Waals surface area contributed by atoms with Crippen LogP contribution < -0.4 is 5.56 Å². The standard InChI is InChI=1S/C27H26N4O2/c32-24(11-10-18-16-28-22-9-5-4-8-20(18)22)31-15-12-23-21(17-31)25(33)30-26(29-23)27(13-14-27)19-6-2-1-3-7-19/h1-9,16,28H,10-15,17H2,(H,29,30,33). The predicted octanol–water partition coefficient (Wildman–Crippen LogP) is 3.85. The maximum absolute atomic E-state index is 13.0. The van der Waals surface area contributed by atoms with Crippen LogP contribution in [0.2, 0.25) is 0 Å². The first-order chi connectivity index (χ1) is 16.1. The molecule has 1 aliphatic carbocycles. The van der Waals surface area contributed by atoms with Crippen LogP contribution in [0.4, 0.5) is 0 Å². The van der Waals surface area contributed by atoms with E-state index in [2.05, 4.69) is 28.2 Å². The van der Waals surface area contributed by atoms with Gasteiger partial charge >= 0.3 is 0 Å². The maximum atomic E-state index is 13.0. The fourth-order valence-electron chi connectivity index (χ4n) is 5.15. The first-order valence-corrected chi connectivity index (χ1v) is 11.6. The van der Waals surface area contributed by atoms with Crippen molar-refractivity contribution in [2.75, 3.05) is 6.54 Å². The van der Waals surface area contributed by atoms with Crippen molar-refractivity contribution in [1.29, 1.82) is 0 Å². The fourth-order valence-corrected chi connectivity index (χ4v) is 5.15. The lowest BCUT2D eigenvalue weighted by molar-refractivity contribution is -0.132. The molecule has 1 amide bonds. The van der Waals surface area contributed by atoms with E-state index in [1.165, 1.54) is 5.56 Å². The van der Waals surface area contributed by atoms with Gasteiger partial charge in [0.1, 0.15) is 5.82 Å². The van der Waals surface area contributed by atoms with Crippen molar-refractivity contribution in [3.63, 3.8) is 0 Å². The summed E-state index contributed by atoms with van der Waals surface area (Å²) in [6.07, 6.45) is 5.71. The third-order valence-electron chi connectivity index (χ3n) is 7.23. The quantitative estimate of drug-likeness (QED) is 0.497. The molecule has 2 aliphatic rings. The van der Waals surface area contributed by atoms with Gasteiger partial charge in [0, 0.05) is 36.5 Å². The summed E-state index contributed by atoms with van der Waals surface area (Å²) in [5.41, 5.74) is 4.65. The van der Waals surface area contributed by atoms with E-state index < -0.39 is 0 Å². The largest absolute Gasteiger partial charge is 0.361 e. The summed E-state index contributed by atoms with van der Waals surface area (Å²) in [6.45, 7) is 0.941. The maximum Gasteiger partial charge on any atom is 0.256 e. The van der Waals surface area contributed by atoms with Crippen molar-refractivity contribution >= 4 is 16.8 Å². The Kier molecular flexibility index (Phi) is 4.68. The number of carbonyl (C=O) groups excluding carboxylic acids is 1.